The van der Waals surface area contributed by atoms with Crippen LogP contribution in [0, 0.1) is 0 Å². The van der Waals surface area contributed by atoms with Crippen LogP contribution in [0.25, 0.3) is 0 Å². The molecule has 1 heterocycles. The van der Waals surface area contributed by atoms with Gasteiger partial charge in [0.1, 0.15) is 5.15 Å². The molecule has 0 unspecified atom stereocenters. The minimum atomic E-state index is -0.308. The minimum absolute atomic E-state index is 0.165. The van der Waals surface area contributed by atoms with E-state index in [1.54, 1.807) is 12.3 Å². The highest BCUT2D eigenvalue weighted by Gasteiger charge is 2.14. The highest BCUT2D eigenvalue weighted by Crippen LogP contribution is 2.21. The standard InChI is InChI=1S/C15H14BrClN2O2/c1-2-21-9-10-5-3-4-6-13(10)19-15(20)12-7-11(16)8-18-14(12)17/h3-8H,2,9H2,1H3,(H,19,20). The number of amides is 1. The van der Waals surface area contributed by atoms with Crippen molar-refractivity contribution in [1.29, 1.82) is 0 Å². The number of carbonyl (C=O) groups is 1. The number of aromatic nitrogens is 1. The van der Waals surface area contributed by atoms with E-state index in [1.807, 2.05) is 31.2 Å². The highest BCUT2D eigenvalue weighted by molar-refractivity contribution is 9.10. The Morgan fingerprint density at radius 3 is 2.95 bits per heavy atom. The molecule has 110 valence electrons. The first kappa shape index (κ1) is 15.9. The van der Waals surface area contributed by atoms with E-state index in [0.717, 1.165) is 5.56 Å². The van der Waals surface area contributed by atoms with Gasteiger partial charge in [-0.25, -0.2) is 4.98 Å². The van der Waals surface area contributed by atoms with E-state index >= 15 is 0 Å². The van der Waals surface area contributed by atoms with Crippen LogP contribution in [-0.2, 0) is 11.3 Å². The summed E-state index contributed by atoms with van der Waals surface area (Å²) in [5.74, 6) is -0.308. The lowest BCUT2D eigenvalue weighted by molar-refractivity contribution is 0.102. The number of carbonyl (C=O) groups excluding carboxylic acids is 1. The number of ether oxygens (including phenoxy) is 1. The van der Waals surface area contributed by atoms with E-state index in [9.17, 15) is 4.79 Å². The van der Waals surface area contributed by atoms with Gasteiger partial charge < -0.3 is 10.1 Å². The first-order valence-corrected chi connectivity index (χ1v) is 7.57. The Balaban J connectivity index is 2.21. The molecule has 0 aliphatic rings. The third kappa shape index (κ3) is 4.27. The molecular formula is C15H14BrClN2O2. The zero-order valence-corrected chi connectivity index (χ0v) is 13.7. The van der Waals surface area contributed by atoms with Crippen LogP contribution in [0.5, 0.6) is 0 Å². The van der Waals surface area contributed by atoms with Crippen LogP contribution in [0.3, 0.4) is 0 Å². The highest BCUT2D eigenvalue weighted by atomic mass is 79.9. The molecule has 0 aliphatic heterocycles. The zero-order valence-electron chi connectivity index (χ0n) is 11.4. The van der Waals surface area contributed by atoms with Crippen molar-refractivity contribution >= 4 is 39.1 Å². The van der Waals surface area contributed by atoms with E-state index in [0.29, 0.717) is 28.9 Å². The Kier molecular flexibility index (Phi) is 5.73. The summed E-state index contributed by atoms with van der Waals surface area (Å²) in [5, 5.41) is 3.00. The minimum Gasteiger partial charge on any atom is -0.377 e. The van der Waals surface area contributed by atoms with Crippen molar-refractivity contribution in [3.8, 4) is 0 Å². The van der Waals surface area contributed by atoms with Crippen molar-refractivity contribution in [2.24, 2.45) is 0 Å². The molecule has 4 nitrogen and oxygen atoms in total. The van der Waals surface area contributed by atoms with E-state index in [-0.39, 0.29) is 11.1 Å². The molecule has 1 N–H and O–H groups in total. The average Bonchev–Trinajstić information content (AvgIpc) is 2.48. The number of rotatable bonds is 5. The van der Waals surface area contributed by atoms with Crippen LogP contribution >= 0.6 is 27.5 Å². The smallest absolute Gasteiger partial charge is 0.258 e. The second kappa shape index (κ2) is 7.54. The zero-order chi connectivity index (χ0) is 15.2. The number of nitrogens with one attached hydrogen (secondary N) is 1. The third-order valence-corrected chi connectivity index (χ3v) is 3.51. The fourth-order valence-corrected chi connectivity index (χ4v) is 2.27. The summed E-state index contributed by atoms with van der Waals surface area (Å²) < 4.78 is 6.09. The van der Waals surface area contributed by atoms with Gasteiger partial charge in [-0.15, -0.1) is 0 Å². The molecule has 1 aromatic carbocycles. The van der Waals surface area contributed by atoms with E-state index < -0.39 is 0 Å². The van der Waals surface area contributed by atoms with E-state index in [4.69, 9.17) is 16.3 Å². The lowest BCUT2D eigenvalue weighted by atomic mass is 10.1. The molecule has 1 aromatic heterocycles. The van der Waals surface area contributed by atoms with Gasteiger partial charge in [0.25, 0.3) is 5.91 Å². The van der Waals surface area contributed by atoms with Crippen molar-refractivity contribution in [3.63, 3.8) is 0 Å². The predicted octanol–water partition coefficient (Wildman–Crippen LogP) is 4.29. The van der Waals surface area contributed by atoms with Crippen LogP contribution < -0.4 is 5.32 Å². The molecule has 0 spiro atoms. The number of pyridine rings is 1. The SMILES string of the molecule is CCOCc1ccccc1NC(=O)c1cc(Br)cnc1Cl. The lowest BCUT2D eigenvalue weighted by Gasteiger charge is -2.11. The Morgan fingerprint density at radius 2 is 2.19 bits per heavy atom. The quantitative estimate of drug-likeness (QED) is 0.800. The van der Waals surface area contributed by atoms with Gasteiger partial charge in [0.05, 0.1) is 12.2 Å². The number of anilines is 1. The molecule has 0 bridgehead atoms. The molecule has 2 rings (SSSR count). The van der Waals surface area contributed by atoms with Crippen molar-refractivity contribution in [2.75, 3.05) is 11.9 Å². The summed E-state index contributed by atoms with van der Waals surface area (Å²) in [5.41, 5.74) is 1.93. The largest absolute Gasteiger partial charge is 0.377 e. The lowest BCUT2D eigenvalue weighted by Crippen LogP contribution is -2.14. The van der Waals surface area contributed by atoms with E-state index in [1.165, 1.54) is 0 Å². The number of benzene rings is 1. The summed E-state index contributed by atoms with van der Waals surface area (Å²) >= 11 is 9.24. The molecular weight excluding hydrogens is 356 g/mol. The van der Waals surface area contributed by atoms with Gasteiger partial charge in [0, 0.05) is 28.5 Å². The maximum atomic E-state index is 12.3. The molecule has 1 amide bonds. The number of hydrogen-bond donors (Lipinski definition) is 1. The average molecular weight is 370 g/mol. The first-order chi connectivity index (χ1) is 10.1. The Hall–Kier alpha value is -1.43. The molecule has 0 aliphatic carbocycles. The fourth-order valence-electron chi connectivity index (χ4n) is 1.75. The Morgan fingerprint density at radius 1 is 1.43 bits per heavy atom. The van der Waals surface area contributed by atoms with Crippen LogP contribution in [0.1, 0.15) is 22.8 Å². The maximum absolute atomic E-state index is 12.3. The van der Waals surface area contributed by atoms with Gasteiger partial charge in [-0.1, -0.05) is 29.8 Å². The molecule has 2 aromatic rings. The van der Waals surface area contributed by atoms with Gasteiger partial charge >= 0.3 is 0 Å². The normalized spacial score (nSPS) is 10.4. The van der Waals surface area contributed by atoms with Gasteiger partial charge in [-0.3, -0.25) is 4.79 Å². The summed E-state index contributed by atoms with van der Waals surface area (Å²) in [6.45, 7) is 2.98. The van der Waals surface area contributed by atoms with Crippen molar-refractivity contribution in [1.82, 2.24) is 4.98 Å². The molecule has 6 heteroatoms. The van der Waals surface area contributed by atoms with Crippen LogP contribution in [0.2, 0.25) is 5.15 Å². The summed E-state index contributed by atoms with van der Waals surface area (Å²) in [6.07, 6.45) is 1.54. The van der Waals surface area contributed by atoms with Gasteiger partial charge in [0.2, 0.25) is 0 Å². The van der Waals surface area contributed by atoms with E-state index in [2.05, 4.69) is 26.2 Å². The predicted molar refractivity (Wildman–Crippen MR) is 86.7 cm³/mol. The third-order valence-electron chi connectivity index (χ3n) is 2.78. The number of nitrogens with zero attached hydrogens (tertiary/aromatic N) is 1. The molecule has 0 saturated heterocycles. The first-order valence-electron chi connectivity index (χ1n) is 6.40. The monoisotopic (exact) mass is 368 g/mol. The Bertz CT molecular complexity index is 649. The van der Waals surface area contributed by atoms with Crippen LogP contribution in [-0.4, -0.2) is 17.5 Å². The second-order valence-corrected chi connectivity index (χ2v) is 5.51. The molecule has 0 radical (unpaired) electrons. The molecule has 0 fully saturated rings. The fraction of sp³-hybridized carbons (Fsp3) is 0.200. The Labute approximate surface area is 136 Å². The summed E-state index contributed by atoms with van der Waals surface area (Å²) in [4.78, 5) is 16.3. The summed E-state index contributed by atoms with van der Waals surface area (Å²) in [7, 11) is 0. The van der Waals surface area contributed by atoms with Gasteiger partial charge in [0.15, 0.2) is 0 Å². The van der Waals surface area contributed by atoms with Gasteiger partial charge in [-0.05, 0) is 35.0 Å². The topological polar surface area (TPSA) is 51.2 Å². The number of hydrogen-bond acceptors (Lipinski definition) is 3. The number of halogens is 2. The number of para-hydroxylation sites is 1. The summed E-state index contributed by atoms with van der Waals surface area (Å²) in [6, 6.07) is 9.12. The van der Waals surface area contributed by atoms with Crippen LogP contribution in [0.15, 0.2) is 41.0 Å². The molecule has 0 saturated carbocycles. The van der Waals surface area contributed by atoms with Gasteiger partial charge in [-0.2, -0.15) is 0 Å². The molecule has 0 atom stereocenters. The molecule has 21 heavy (non-hydrogen) atoms. The van der Waals surface area contributed by atoms with Crippen molar-refractivity contribution in [3.05, 3.63) is 57.3 Å². The maximum Gasteiger partial charge on any atom is 0.258 e. The van der Waals surface area contributed by atoms with Crippen LogP contribution in [0.4, 0.5) is 5.69 Å². The van der Waals surface area contributed by atoms with Crippen molar-refractivity contribution in [2.45, 2.75) is 13.5 Å². The second-order valence-electron chi connectivity index (χ2n) is 4.24. The van der Waals surface area contributed by atoms with Crippen molar-refractivity contribution < 1.29 is 9.53 Å².